The van der Waals surface area contributed by atoms with Gasteiger partial charge in [-0.15, -0.1) is 0 Å². The Morgan fingerprint density at radius 1 is 1.38 bits per heavy atom. The second kappa shape index (κ2) is 7.25. The standard InChI is InChI=1S/C18H18N4O3S/c23-15-4-3-13(9-19-15)18(24)22-6-1-2-12(10-22)8-16-20-17(21-25-16)14-5-7-26-11-14/h3-5,7,9,11-12H,1-2,6,8,10H2,(H,19,23)/t12-/m0/s1. The smallest absolute Gasteiger partial charge is 0.255 e. The largest absolute Gasteiger partial charge is 0.339 e. The number of thiophene rings is 1. The van der Waals surface area contributed by atoms with E-state index in [9.17, 15) is 9.59 Å². The number of pyridine rings is 1. The van der Waals surface area contributed by atoms with Crippen molar-refractivity contribution in [3.05, 3.63) is 57.0 Å². The van der Waals surface area contributed by atoms with Gasteiger partial charge in [0.25, 0.3) is 5.91 Å². The quantitative estimate of drug-likeness (QED) is 0.762. The molecule has 1 N–H and O–H groups in total. The van der Waals surface area contributed by atoms with Crippen molar-refractivity contribution in [3.63, 3.8) is 0 Å². The highest BCUT2D eigenvalue weighted by Crippen LogP contribution is 2.24. The van der Waals surface area contributed by atoms with Crippen molar-refractivity contribution in [3.8, 4) is 11.4 Å². The van der Waals surface area contributed by atoms with Gasteiger partial charge in [0, 0.05) is 42.7 Å². The van der Waals surface area contributed by atoms with Crippen molar-refractivity contribution in [2.24, 2.45) is 5.92 Å². The highest BCUT2D eigenvalue weighted by molar-refractivity contribution is 7.08. The molecule has 1 amide bonds. The second-order valence-corrected chi connectivity index (χ2v) is 7.21. The third-order valence-corrected chi connectivity index (χ3v) is 5.23. The van der Waals surface area contributed by atoms with E-state index >= 15 is 0 Å². The first-order chi connectivity index (χ1) is 12.7. The summed E-state index contributed by atoms with van der Waals surface area (Å²) in [4.78, 5) is 32.6. The summed E-state index contributed by atoms with van der Waals surface area (Å²) >= 11 is 1.59. The molecule has 4 heterocycles. The molecule has 0 aliphatic carbocycles. The van der Waals surface area contributed by atoms with Crippen molar-refractivity contribution in [1.29, 1.82) is 0 Å². The number of hydrogen-bond donors (Lipinski definition) is 1. The number of H-pyrrole nitrogens is 1. The van der Waals surface area contributed by atoms with Crippen LogP contribution in [0, 0.1) is 5.92 Å². The molecule has 0 unspecified atom stereocenters. The average Bonchev–Trinajstić information content (AvgIpc) is 3.34. The zero-order chi connectivity index (χ0) is 17.9. The minimum absolute atomic E-state index is 0.0598. The Morgan fingerprint density at radius 2 is 2.31 bits per heavy atom. The third kappa shape index (κ3) is 3.60. The molecule has 0 saturated carbocycles. The lowest BCUT2D eigenvalue weighted by molar-refractivity contribution is 0.0667. The van der Waals surface area contributed by atoms with Crippen LogP contribution in [0.3, 0.4) is 0 Å². The summed E-state index contributed by atoms with van der Waals surface area (Å²) in [6.45, 7) is 1.37. The molecule has 0 bridgehead atoms. The van der Waals surface area contributed by atoms with Gasteiger partial charge in [0.05, 0.1) is 5.56 Å². The molecule has 0 aromatic carbocycles. The van der Waals surface area contributed by atoms with Gasteiger partial charge >= 0.3 is 0 Å². The van der Waals surface area contributed by atoms with Gasteiger partial charge in [-0.2, -0.15) is 16.3 Å². The summed E-state index contributed by atoms with van der Waals surface area (Å²) < 4.78 is 5.39. The van der Waals surface area contributed by atoms with Crippen LogP contribution in [0.25, 0.3) is 11.4 Å². The maximum atomic E-state index is 12.6. The second-order valence-electron chi connectivity index (χ2n) is 6.43. The van der Waals surface area contributed by atoms with Crippen LogP contribution in [0.2, 0.25) is 0 Å². The van der Waals surface area contributed by atoms with Crippen molar-refractivity contribution < 1.29 is 9.32 Å². The van der Waals surface area contributed by atoms with E-state index in [4.69, 9.17) is 4.52 Å². The van der Waals surface area contributed by atoms with Gasteiger partial charge in [0.2, 0.25) is 17.3 Å². The van der Waals surface area contributed by atoms with Crippen LogP contribution in [0.1, 0.15) is 29.1 Å². The lowest BCUT2D eigenvalue weighted by atomic mass is 9.94. The Morgan fingerprint density at radius 3 is 3.08 bits per heavy atom. The minimum atomic E-state index is -0.212. The van der Waals surface area contributed by atoms with Crippen LogP contribution in [0.15, 0.2) is 44.5 Å². The summed E-state index contributed by atoms with van der Waals surface area (Å²) in [5, 5.41) is 8.01. The fourth-order valence-corrected chi connectivity index (χ4v) is 3.87. The maximum Gasteiger partial charge on any atom is 0.255 e. The van der Waals surface area contributed by atoms with Gasteiger partial charge in [-0.3, -0.25) is 9.59 Å². The molecule has 134 valence electrons. The number of piperidine rings is 1. The molecule has 1 saturated heterocycles. The molecule has 1 atom stereocenters. The Kier molecular flexibility index (Phi) is 4.66. The summed E-state index contributed by atoms with van der Waals surface area (Å²) in [6.07, 6.45) is 4.09. The maximum absolute atomic E-state index is 12.6. The van der Waals surface area contributed by atoms with E-state index in [2.05, 4.69) is 15.1 Å². The van der Waals surface area contributed by atoms with Gasteiger partial charge in [-0.25, -0.2) is 0 Å². The molecule has 4 rings (SSSR count). The van der Waals surface area contributed by atoms with Crippen molar-refractivity contribution in [1.82, 2.24) is 20.0 Å². The van der Waals surface area contributed by atoms with Crippen molar-refractivity contribution >= 4 is 17.2 Å². The molecule has 1 fully saturated rings. The lowest BCUT2D eigenvalue weighted by Gasteiger charge is -2.32. The topological polar surface area (TPSA) is 92.1 Å². The number of rotatable bonds is 4. The number of likely N-dealkylation sites (tertiary alicyclic amines) is 1. The predicted octanol–water partition coefficient (Wildman–Crippen LogP) is 2.58. The SMILES string of the molecule is O=C(c1ccc(=O)[nH]c1)N1CCC[C@@H](Cc2nc(-c3ccsc3)no2)C1. The number of hydrogen-bond acceptors (Lipinski definition) is 6. The normalized spacial score (nSPS) is 17.4. The van der Waals surface area contributed by atoms with Crippen LogP contribution < -0.4 is 5.56 Å². The molecule has 1 aliphatic rings. The first-order valence-corrected chi connectivity index (χ1v) is 9.46. The van der Waals surface area contributed by atoms with Gasteiger partial charge in [0.15, 0.2) is 0 Å². The Balaban J connectivity index is 1.41. The van der Waals surface area contributed by atoms with Crippen LogP contribution in [0.5, 0.6) is 0 Å². The molecule has 8 heteroatoms. The van der Waals surface area contributed by atoms with Gasteiger partial charge in [-0.1, -0.05) is 5.16 Å². The number of nitrogens with zero attached hydrogens (tertiary/aromatic N) is 3. The highest BCUT2D eigenvalue weighted by atomic mass is 32.1. The lowest BCUT2D eigenvalue weighted by Crippen LogP contribution is -2.40. The molecule has 3 aromatic rings. The molecule has 3 aromatic heterocycles. The van der Waals surface area contributed by atoms with E-state index in [1.165, 1.54) is 12.3 Å². The summed E-state index contributed by atoms with van der Waals surface area (Å²) in [7, 11) is 0. The van der Waals surface area contributed by atoms with E-state index in [1.54, 1.807) is 17.4 Å². The number of carbonyl (C=O) groups is 1. The minimum Gasteiger partial charge on any atom is -0.339 e. The number of carbonyl (C=O) groups excluding carboxylic acids is 1. The van der Waals surface area contributed by atoms with E-state index in [-0.39, 0.29) is 17.4 Å². The molecular formula is C18H18N4O3S. The third-order valence-electron chi connectivity index (χ3n) is 4.55. The number of aromatic amines is 1. The predicted molar refractivity (Wildman–Crippen MR) is 97.0 cm³/mol. The molecule has 1 aliphatic heterocycles. The van der Waals surface area contributed by atoms with E-state index in [0.29, 0.717) is 30.2 Å². The van der Waals surface area contributed by atoms with E-state index < -0.39 is 0 Å². The van der Waals surface area contributed by atoms with E-state index in [0.717, 1.165) is 24.9 Å². The fraction of sp³-hybridized carbons (Fsp3) is 0.333. The number of amides is 1. The molecule has 0 spiro atoms. The fourth-order valence-electron chi connectivity index (χ4n) is 3.24. The molecule has 0 radical (unpaired) electrons. The van der Waals surface area contributed by atoms with Crippen LogP contribution in [-0.4, -0.2) is 39.0 Å². The van der Waals surface area contributed by atoms with Crippen LogP contribution in [0.4, 0.5) is 0 Å². The molecule has 26 heavy (non-hydrogen) atoms. The van der Waals surface area contributed by atoms with Gasteiger partial charge in [0.1, 0.15) is 0 Å². The average molecular weight is 370 g/mol. The Hall–Kier alpha value is -2.74. The zero-order valence-corrected chi connectivity index (χ0v) is 14.9. The monoisotopic (exact) mass is 370 g/mol. The van der Waals surface area contributed by atoms with Crippen molar-refractivity contribution in [2.45, 2.75) is 19.3 Å². The first-order valence-electron chi connectivity index (χ1n) is 8.52. The Labute approximate surface area is 153 Å². The van der Waals surface area contributed by atoms with Crippen molar-refractivity contribution in [2.75, 3.05) is 13.1 Å². The first kappa shape index (κ1) is 16.7. The van der Waals surface area contributed by atoms with Gasteiger partial charge in [-0.05, 0) is 36.3 Å². The summed E-state index contributed by atoms with van der Waals surface area (Å²) in [5.41, 5.74) is 1.25. The zero-order valence-electron chi connectivity index (χ0n) is 14.1. The van der Waals surface area contributed by atoms with E-state index in [1.807, 2.05) is 21.7 Å². The summed E-state index contributed by atoms with van der Waals surface area (Å²) in [6, 6.07) is 4.90. The molecular weight excluding hydrogens is 352 g/mol. The number of nitrogens with one attached hydrogen (secondary N) is 1. The highest BCUT2D eigenvalue weighted by Gasteiger charge is 2.26. The van der Waals surface area contributed by atoms with Gasteiger partial charge < -0.3 is 14.4 Å². The number of aromatic nitrogens is 3. The summed E-state index contributed by atoms with van der Waals surface area (Å²) in [5.74, 6) is 1.44. The Bertz CT molecular complexity index is 927. The molecule has 7 nitrogen and oxygen atoms in total. The van der Waals surface area contributed by atoms with Crippen LogP contribution >= 0.6 is 11.3 Å². The van der Waals surface area contributed by atoms with Crippen LogP contribution in [-0.2, 0) is 6.42 Å².